The van der Waals surface area contributed by atoms with E-state index in [4.69, 9.17) is 4.74 Å². The van der Waals surface area contributed by atoms with Gasteiger partial charge in [0.15, 0.2) is 0 Å². The van der Waals surface area contributed by atoms with E-state index >= 15 is 0 Å². The van der Waals surface area contributed by atoms with Crippen molar-refractivity contribution >= 4 is 39.3 Å². The Morgan fingerprint density at radius 3 is 2.41 bits per heavy atom. The van der Waals surface area contributed by atoms with Crippen LogP contribution in [0.25, 0.3) is 0 Å². The van der Waals surface area contributed by atoms with Crippen molar-refractivity contribution < 1.29 is 40.7 Å². The number of urea groups is 1. The van der Waals surface area contributed by atoms with Crippen LogP contribution in [0.3, 0.4) is 0 Å². The van der Waals surface area contributed by atoms with Crippen LogP contribution in [0.2, 0.25) is 0 Å². The number of rotatable bonds is 5. The number of aryl methyl sites for hydroxylation is 1. The first-order valence-electron chi connectivity index (χ1n) is 7.39. The molecule has 2 amide bonds. The highest BCUT2D eigenvalue weighted by Crippen LogP contribution is 2.40. The fraction of sp³-hybridized carbons (Fsp3) is 0.286. The number of carbonyl (C=O) groups is 2. The van der Waals surface area contributed by atoms with Gasteiger partial charge in [0.2, 0.25) is 11.8 Å². The Kier molecular flexibility index (Phi) is 6.32. The number of sulfonamides is 1. The first-order chi connectivity index (χ1) is 13.4. The number of nitrogens with zero attached hydrogens (tertiary/aromatic N) is 2. The van der Waals surface area contributed by atoms with Gasteiger partial charge in [0, 0.05) is 17.1 Å². The number of hydrogen-bond donors (Lipinski definition) is 2. The molecule has 0 aliphatic heterocycles. The Balaban J connectivity index is 2.38. The molecule has 0 saturated heterocycles. The van der Waals surface area contributed by atoms with E-state index in [1.54, 1.807) is 0 Å². The zero-order valence-electron chi connectivity index (χ0n) is 14.9. The van der Waals surface area contributed by atoms with Crippen molar-refractivity contribution in [2.24, 2.45) is 0 Å². The number of ether oxygens (including phenoxy) is 2. The maximum absolute atomic E-state index is 13.2. The van der Waals surface area contributed by atoms with Gasteiger partial charge in [0.25, 0.3) is 10.0 Å². The summed E-state index contributed by atoms with van der Waals surface area (Å²) in [5, 5.41) is 2.65. The topological polar surface area (TPSA) is 137 Å². The second-order valence-corrected chi connectivity index (χ2v) is 7.73. The van der Waals surface area contributed by atoms with Crippen molar-refractivity contribution in [3.05, 3.63) is 27.6 Å². The van der Waals surface area contributed by atoms with Gasteiger partial charge in [-0.15, -0.1) is 11.3 Å². The lowest BCUT2D eigenvalue weighted by Gasteiger charge is -2.12. The zero-order chi connectivity index (χ0) is 22.0. The third-order valence-electron chi connectivity index (χ3n) is 3.17. The van der Waals surface area contributed by atoms with Crippen LogP contribution in [0.1, 0.15) is 20.9 Å². The summed E-state index contributed by atoms with van der Waals surface area (Å²) < 4.78 is 75.1. The second kappa shape index (κ2) is 8.20. The van der Waals surface area contributed by atoms with Crippen LogP contribution in [0.15, 0.2) is 16.3 Å². The molecule has 2 rings (SSSR count). The molecule has 0 aromatic carbocycles. The molecule has 0 fully saturated rings. The molecule has 2 N–H and O–H groups in total. The van der Waals surface area contributed by atoms with E-state index in [1.165, 1.54) is 24.8 Å². The number of aromatic nitrogens is 2. The molecule has 0 atom stereocenters. The van der Waals surface area contributed by atoms with Crippen LogP contribution in [-0.2, 0) is 20.9 Å². The normalized spacial score (nSPS) is 11.7. The summed E-state index contributed by atoms with van der Waals surface area (Å²) in [6.45, 7) is 1.54. The van der Waals surface area contributed by atoms with Gasteiger partial charge in [-0.3, -0.25) is 5.32 Å². The molecule has 0 unspecified atom stereocenters. The van der Waals surface area contributed by atoms with Crippen LogP contribution in [0.4, 0.5) is 23.9 Å². The van der Waals surface area contributed by atoms with Gasteiger partial charge in [0.05, 0.1) is 19.8 Å². The predicted molar refractivity (Wildman–Crippen MR) is 93.3 cm³/mol. The maximum Gasteiger partial charge on any atom is 0.426 e. The summed E-state index contributed by atoms with van der Waals surface area (Å²) in [7, 11) is -2.96. The highest BCUT2D eigenvalue weighted by molar-refractivity contribution is 7.90. The first-order valence-corrected chi connectivity index (χ1v) is 9.75. The molecule has 2 aromatic heterocycles. The number of nitrogens with one attached hydrogen (secondary N) is 2. The maximum atomic E-state index is 13.2. The van der Waals surface area contributed by atoms with E-state index in [2.05, 4.69) is 14.7 Å². The summed E-state index contributed by atoms with van der Waals surface area (Å²) in [4.78, 5) is 28.3. The molecule has 10 nitrogen and oxygen atoms in total. The molecule has 2 heterocycles. The van der Waals surface area contributed by atoms with Crippen LogP contribution in [0.5, 0.6) is 5.88 Å². The van der Waals surface area contributed by atoms with Crippen molar-refractivity contribution in [1.29, 1.82) is 0 Å². The third kappa shape index (κ3) is 5.11. The van der Waals surface area contributed by atoms with E-state index in [0.29, 0.717) is 11.1 Å². The van der Waals surface area contributed by atoms with Gasteiger partial charge in [-0.05, 0) is 6.92 Å². The van der Waals surface area contributed by atoms with Crippen molar-refractivity contribution in [2.75, 3.05) is 19.5 Å². The van der Waals surface area contributed by atoms with Gasteiger partial charge in [-0.25, -0.2) is 27.7 Å². The molecular formula is C14H13F3N4O6S2. The molecule has 158 valence electrons. The monoisotopic (exact) mass is 454 g/mol. The number of amides is 2. The van der Waals surface area contributed by atoms with E-state index in [1.807, 2.05) is 5.32 Å². The summed E-state index contributed by atoms with van der Waals surface area (Å²) in [6, 6.07) is -0.0310. The van der Waals surface area contributed by atoms with Crippen LogP contribution < -0.4 is 14.8 Å². The summed E-state index contributed by atoms with van der Waals surface area (Å²) >= 11 is -0.0263. The standard InChI is InChI=1S/C14H13F3N4O6S2/c1-6-4-8(26-2)19-12(18-6)20-13(23)21-29(24,25)9-7(11(22)27-3)5-28-10(9)14(15,16)17/h4-5H,1-3H3,(H2,18,19,20,21,23). The summed E-state index contributed by atoms with van der Waals surface area (Å²) in [5.41, 5.74) is -0.501. The number of halogens is 3. The molecule has 0 radical (unpaired) electrons. The zero-order valence-corrected chi connectivity index (χ0v) is 16.6. The molecule has 0 saturated carbocycles. The number of thiophene rings is 1. The summed E-state index contributed by atoms with van der Waals surface area (Å²) in [5.74, 6) is -1.62. The average molecular weight is 454 g/mol. The van der Waals surface area contributed by atoms with Gasteiger partial charge < -0.3 is 9.47 Å². The van der Waals surface area contributed by atoms with Gasteiger partial charge in [0.1, 0.15) is 9.77 Å². The fourth-order valence-corrected chi connectivity index (χ4v) is 4.60. The van der Waals surface area contributed by atoms with Crippen LogP contribution >= 0.6 is 11.3 Å². The Bertz CT molecular complexity index is 1050. The molecular weight excluding hydrogens is 441 g/mol. The molecule has 0 aliphatic carbocycles. The minimum Gasteiger partial charge on any atom is -0.481 e. The van der Waals surface area contributed by atoms with Crippen molar-refractivity contribution in [3.63, 3.8) is 0 Å². The van der Waals surface area contributed by atoms with Gasteiger partial charge in [-0.2, -0.15) is 18.2 Å². The smallest absolute Gasteiger partial charge is 0.426 e. The molecule has 0 aliphatic rings. The highest BCUT2D eigenvalue weighted by atomic mass is 32.2. The van der Waals surface area contributed by atoms with Crippen molar-refractivity contribution in [1.82, 2.24) is 14.7 Å². The number of anilines is 1. The average Bonchev–Trinajstić information content (AvgIpc) is 3.06. The molecule has 15 heteroatoms. The fourth-order valence-electron chi connectivity index (χ4n) is 2.06. The number of esters is 1. The third-order valence-corrected chi connectivity index (χ3v) is 5.74. The largest absolute Gasteiger partial charge is 0.481 e. The minimum atomic E-state index is -5.12. The molecule has 2 aromatic rings. The quantitative estimate of drug-likeness (QED) is 0.656. The van der Waals surface area contributed by atoms with Crippen molar-refractivity contribution in [3.8, 4) is 5.88 Å². The second-order valence-electron chi connectivity index (χ2n) is 5.23. The lowest BCUT2D eigenvalue weighted by Crippen LogP contribution is -2.36. The van der Waals surface area contributed by atoms with E-state index in [9.17, 15) is 31.2 Å². The van der Waals surface area contributed by atoms with E-state index in [0.717, 1.165) is 7.11 Å². The Morgan fingerprint density at radius 1 is 1.21 bits per heavy atom. The molecule has 0 bridgehead atoms. The Morgan fingerprint density at radius 2 is 1.86 bits per heavy atom. The van der Waals surface area contributed by atoms with Gasteiger partial charge in [-0.1, -0.05) is 0 Å². The summed E-state index contributed by atoms with van der Waals surface area (Å²) in [6.07, 6.45) is -5.09. The predicted octanol–water partition coefficient (Wildman–Crippen LogP) is 2.17. The van der Waals surface area contributed by atoms with Crippen LogP contribution in [0, 0.1) is 6.92 Å². The number of hydrogen-bond acceptors (Lipinski definition) is 9. The lowest BCUT2D eigenvalue weighted by atomic mass is 10.3. The number of methoxy groups -OCH3 is 2. The lowest BCUT2D eigenvalue weighted by molar-refractivity contribution is -0.136. The SMILES string of the molecule is COC(=O)c1csc(C(F)(F)F)c1S(=O)(=O)NC(=O)Nc1nc(C)cc(OC)n1. The highest BCUT2D eigenvalue weighted by Gasteiger charge is 2.43. The molecule has 29 heavy (non-hydrogen) atoms. The first kappa shape index (κ1) is 22.4. The Hall–Kier alpha value is -2.94. The van der Waals surface area contributed by atoms with Crippen LogP contribution in [-0.4, -0.2) is 44.6 Å². The van der Waals surface area contributed by atoms with Crippen molar-refractivity contribution in [2.45, 2.75) is 18.0 Å². The number of carbonyl (C=O) groups excluding carboxylic acids is 2. The number of alkyl halides is 3. The molecule has 0 spiro atoms. The van der Waals surface area contributed by atoms with E-state index < -0.39 is 43.5 Å². The minimum absolute atomic E-state index is 0.0263. The van der Waals surface area contributed by atoms with E-state index in [-0.39, 0.29) is 23.2 Å². The van der Waals surface area contributed by atoms with Gasteiger partial charge >= 0.3 is 18.2 Å². The Labute approximate surface area is 166 Å².